The predicted molar refractivity (Wildman–Crippen MR) is 89.3 cm³/mol. The highest BCUT2D eigenvalue weighted by molar-refractivity contribution is 5.96. The summed E-state index contributed by atoms with van der Waals surface area (Å²) in [6.45, 7) is -1.77. The fourth-order valence-electron chi connectivity index (χ4n) is 2.63. The van der Waals surface area contributed by atoms with Crippen LogP contribution in [0.4, 0.5) is 23.2 Å². The Balaban J connectivity index is 2.03. The maximum atomic E-state index is 12.9. The van der Waals surface area contributed by atoms with Crippen molar-refractivity contribution in [1.82, 2.24) is 0 Å². The van der Waals surface area contributed by atoms with E-state index in [-0.39, 0.29) is 24.1 Å². The Hall–Kier alpha value is -2.91. The van der Waals surface area contributed by atoms with Crippen LogP contribution in [0.5, 0.6) is 0 Å². The summed E-state index contributed by atoms with van der Waals surface area (Å²) in [7, 11) is 0. The molecule has 1 aromatic carbocycles. The number of hydrogen-bond donors (Lipinski definition) is 2. The first-order valence-corrected chi connectivity index (χ1v) is 8.23. The summed E-state index contributed by atoms with van der Waals surface area (Å²) in [6, 6.07) is 5.26. The summed E-state index contributed by atoms with van der Waals surface area (Å²) < 4.78 is 54.6. The van der Waals surface area contributed by atoms with Crippen molar-refractivity contribution in [3.05, 3.63) is 42.0 Å². The molecule has 1 amide bonds. The number of carboxylic acid groups (broad SMARTS) is 1. The van der Waals surface area contributed by atoms with E-state index in [0.717, 1.165) is 0 Å². The van der Waals surface area contributed by atoms with Gasteiger partial charge in [0.05, 0.1) is 17.4 Å². The molecule has 1 aliphatic rings. The van der Waals surface area contributed by atoms with Crippen LogP contribution in [-0.2, 0) is 14.3 Å². The van der Waals surface area contributed by atoms with E-state index >= 15 is 0 Å². The van der Waals surface area contributed by atoms with Crippen LogP contribution in [0.3, 0.4) is 0 Å². The highest BCUT2D eigenvalue weighted by Crippen LogP contribution is 2.30. The van der Waals surface area contributed by atoms with Crippen molar-refractivity contribution < 1.29 is 41.8 Å². The number of esters is 1. The number of alkyl halides is 4. The molecular formula is C18H17F4NO5. The molecule has 0 saturated carbocycles. The number of carbonyl (C=O) groups is 3. The van der Waals surface area contributed by atoms with E-state index in [0.29, 0.717) is 0 Å². The molecule has 1 aliphatic carbocycles. The van der Waals surface area contributed by atoms with E-state index in [1.165, 1.54) is 24.3 Å². The summed E-state index contributed by atoms with van der Waals surface area (Å²) in [4.78, 5) is 35.4. The van der Waals surface area contributed by atoms with Gasteiger partial charge in [0.25, 0.3) is 0 Å². The second kappa shape index (κ2) is 8.85. The molecule has 0 saturated heterocycles. The van der Waals surface area contributed by atoms with Crippen LogP contribution < -0.4 is 5.32 Å². The largest absolute Gasteiger partial charge is 0.478 e. The highest BCUT2D eigenvalue weighted by Gasteiger charge is 2.43. The quantitative estimate of drug-likeness (QED) is 0.414. The molecular weight excluding hydrogens is 386 g/mol. The standard InChI is InChI=1S/C18H17F4NO5/c19-17(20)18(21,22)9-28-16(27)13-4-2-1-3-12(13)14(24)23-11-7-5-10(6-8-11)15(25)26/h1-2,5-8,12-13,17H,3-4,9H2,(H,23,24)(H,25,26)/t12-,13-/m1/s1. The molecule has 0 aliphatic heterocycles. The zero-order valence-corrected chi connectivity index (χ0v) is 14.4. The van der Waals surface area contributed by atoms with Crippen molar-refractivity contribution in [3.8, 4) is 0 Å². The van der Waals surface area contributed by atoms with E-state index in [4.69, 9.17) is 5.11 Å². The lowest BCUT2D eigenvalue weighted by molar-refractivity contribution is -0.184. The molecule has 0 aromatic heterocycles. The number of rotatable bonds is 7. The Morgan fingerprint density at radius 2 is 1.68 bits per heavy atom. The number of halogens is 4. The van der Waals surface area contributed by atoms with Crippen molar-refractivity contribution in [3.63, 3.8) is 0 Å². The smallest absolute Gasteiger partial charge is 0.340 e. The SMILES string of the molecule is O=C(O)c1ccc(NC(=O)[C@@H]2CC=CC[C@H]2C(=O)OCC(F)(F)C(F)F)cc1. The van der Waals surface area contributed by atoms with E-state index in [9.17, 15) is 31.9 Å². The van der Waals surface area contributed by atoms with Gasteiger partial charge in [0.2, 0.25) is 5.91 Å². The number of nitrogens with one attached hydrogen (secondary N) is 1. The van der Waals surface area contributed by atoms with Gasteiger partial charge in [-0.1, -0.05) is 12.2 Å². The molecule has 2 rings (SSSR count). The lowest BCUT2D eigenvalue weighted by Crippen LogP contribution is -2.39. The molecule has 0 bridgehead atoms. The van der Waals surface area contributed by atoms with Crippen molar-refractivity contribution in [2.45, 2.75) is 25.2 Å². The molecule has 10 heteroatoms. The van der Waals surface area contributed by atoms with E-state index in [2.05, 4.69) is 10.1 Å². The third kappa shape index (κ3) is 5.30. The molecule has 1 aromatic rings. The molecule has 0 heterocycles. The topological polar surface area (TPSA) is 92.7 Å². The van der Waals surface area contributed by atoms with Gasteiger partial charge in [-0.3, -0.25) is 9.59 Å². The Morgan fingerprint density at radius 1 is 1.11 bits per heavy atom. The van der Waals surface area contributed by atoms with Gasteiger partial charge in [-0.25, -0.2) is 13.6 Å². The Morgan fingerprint density at radius 3 is 2.21 bits per heavy atom. The predicted octanol–water partition coefficient (Wildman–Crippen LogP) is 3.35. The number of benzene rings is 1. The monoisotopic (exact) mass is 403 g/mol. The normalized spacial score (nSPS) is 19.3. The Labute approximate surface area is 157 Å². The summed E-state index contributed by atoms with van der Waals surface area (Å²) in [5, 5.41) is 11.4. The number of aromatic carboxylic acids is 1. The van der Waals surface area contributed by atoms with Crippen molar-refractivity contribution in [2.24, 2.45) is 11.8 Å². The van der Waals surface area contributed by atoms with Crippen LogP contribution in [0.25, 0.3) is 0 Å². The summed E-state index contributed by atoms with van der Waals surface area (Å²) in [5.41, 5.74) is 0.293. The minimum absolute atomic E-state index is 0.0139. The van der Waals surface area contributed by atoms with Gasteiger partial charge in [-0.05, 0) is 37.1 Å². The number of anilines is 1. The summed E-state index contributed by atoms with van der Waals surface area (Å²) >= 11 is 0. The number of amides is 1. The molecule has 2 N–H and O–H groups in total. The lowest BCUT2D eigenvalue weighted by atomic mass is 9.82. The number of carboxylic acids is 1. The van der Waals surface area contributed by atoms with Crippen LogP contribution in [0.1, 0.15) is 23.2 Å². The fraction of sp³-hybridized carbons (Fsp3) is 0.389. The average molecular weight is 403 g/mol. The first-order chi connectivity index (χ1) is 13.1. The maximum absolute atomic E-state index is 12.9. The highest BCUT2D eigenvalue weighted by atomic mass is 19.3. The van der Waals surface area contributed by atoms with E-state index < -0.39 is 48.6 Å². The van der Waals surface area contributed by atoms with Gasteiger partial charge in [0.15, 0.2) is 6.61 Å². The Bertz CT molecular complexity index is 764. The van der Waals surface area contributed by atoms with E-state index in [1.54, 1.807) is 12.2 Å². The second-order valence-electron chi connectivity index (χ2n) is 6.20. The first kappa shape index (κ1) is 21.4. The fourth-order valence-corrected chi connectivity index (χ4v) is 2.63. The van der Waals surface area contributed by atoms with Crippen molar-refractivity contribution in [2.75, 3.05) is 11.9 Å². The zero-order valence-electron chi connectivity index (χ0n) is 14.4. The van der Waals surface area contributed by atoms with Crippen LogP contribution in [0, 0.1) is 11.8 Å². The lowest BCUT2D eigenvalue weighted by Gasteiger charge is -2.26. The molecule has 6 nitrogen and oxygen atoms in total. The third-order valence-corrected chi connectivity index (χ3v) is 4.20. The average Bonchev–Trinajstić information content (AvgIpc) is 2.66. The second-order valence-corrected chi connectivity index (χ2v) is 6.20. The van der Waals surface area contributed by atoms with Gasteiger partial charge in [-0.2, -0.15) is 8.78 Å². The van der Waals surface area contributed by atoms with Crippen molar-refractivity contribution >= 4 is 23.5 Å². The number of ether oxygens (including phenoxy) is 1. The van der Waals surface area contributed by atoms with Crippen LogP contribution in [0.2, 0.25) is 0 Å². The number of carbonyl (C=O) groups excluding carboxylic acids is 2. The minimum atomic E-state index is -4.47. The van der Waals surface area contributed by atoms with Gasteiger partial charge in [0, 0.05) is 5.69 Å². The molecule has 28 heavy (non-hydrogen) atoms. The molecule has 0 unspecified atom stereocenters. The van der Waals surface area contributed by atoms with Gasteiger partial charge >= 0.3 is 24.3 Å². The summed E-state index contributed by atoms with van der Waals surface area (Å²) in [5.74, 6) is -9.42. The van der Waals surface area contributed by atoms with Crippen molar-refractivity contribution in [1.29, 1.82) is 0 Å². The van der Waals surface area contributed by atoms with Gasteiger partial charge < -0.3 is 15.2 Å². The molecule has 0 spiro atoms. The maximum Gasteiger partial charge on any atom is 0.340 e. The molecule has 0 fully saturated rings. The van der Waals surface area contributed by atoms with Crippen LogP contribution >= 0.6 is 0 Å². The number of hydrogen-bond acceptors (Lipinski definition) is 4. The molecule has 0 radical (unpaired) electrons. The zero-order chi connectivity index (χ0) is 20.9. The minimum Gasteiger partial charge on any atom is -0.478 e. The summed E-state index contributed by atoms with van der Waals surface area (Å²) in [6.07, 6.45) is -0.601. The Kier molecular flexibility index (Phi) is 6.76. The number of allylic oxidation sites excluding steroid dienone is 2. The van der Waals surface area contributed by atoms with Crippen LogP contribution in [0.15, 0.2) is 36.4 Å². The van der Waals surface area contributed by atoms with Gasteiger partial charge in [-0.15, -0.1) is 0 Å². The van der Waals surface area contributed by atoms with Crippen LogP contribution in [-0.4, -0.2) is 41.9 Å². The van der Waals surface area contributed by atoms with E-state index in [1.807, 2.05) is 0 Å². The van der Waals surface area contributed by atoms with Gasteiger partial charge in [0.1, 0.15) is 0 Å². The first-order valence-electron chi connectivity index (χ1n) is 8.23. The third-order valence-electron chi connectivity index (χ3n) is 4.20. The molecule has 152 valence electrons. The molecule has 2 atom stereocenters.